The molecule has 3 nitrogen and oxygen atoms in total. The molecule has 2 aromatic carbocycles. The second-order valence-electron chi connectivity index (χ2n) is 4.82. The maximum Gasteiger partial charge on any atom is 0.0651 e. The molecule has 0 saturated carbocycles. The van der Waals surface area contributed by atoms with Crippen LogP contribution in [0.15, 0.2) is 66.9 Å². The Morgan fingerprint density at radius 2 is 1.60 bits per heavy atom. The molecule has 0 aliphatic rings. The van der Waals surface area contributed by atoms with Crippen molar-refractivity contribution in [1.82, 2.24) is 10.2 Å². The van der Waals surface area contributed by atoms with Crippen molar-refractivity contribution in [1.29, 1.82) is 0 Å². The quantitative estimate of drug-likeness (QED) is 0.738. The number of hydrogen-bond donors (Lipinski definition) is 2. The van der Waals surface area contributed by atoms with E-state index in [1.807, 2.05) is 12.1 Å². The zero-order chi connectivity index (χ0) is 13.8. The average molecular weight is 263 g/mol. The largest absolute Gasteiger partial charge is 0.377 e. The summed E-state index contributed by atoms with van der Waals surface area (Å²) in [6, 6.07) is 21.1. The minimum absolute atomic E-state index is 0.208. The van der Waals surface area contributed by atoms with Gasteiger partial charge in [-0.25, -0.2) is 0 Å². The smallest absolute Gasteiger partial charge is 0.0651 e. The van der Waals surface area contributed by atoms with Gasteiger partial charge in [0.25, 0.3) is 0 Å². The van der Waals surface area contributed by atoms with E-state index in [4.69, 9.17) is 0 Å². The van der Waals surface area contributed by atoms with Gasteiger partial charge in [0.2, 0.25) is 0 Å². The van der Waals surface area contributed by atoms with Crippen LogP contribution in [0.4, 0.5) is 5.69 Å². The van der Waals surface area contributed by atoms with Crippen molar-refractivity contribution in [3.8, 4) is 11.1 Å². The van der Waals surface area contributed by atoms with E-state index in [9.17, 15) is 0 Å². The topological polar surface area (TPSA) is 40.7 Å². The molecule has 0 bridgehead atoms. The number of aromatic amines is 1. The van der Waals surface area contributed by atoms with Gasteiger partial charge in [-0.15, -0.1) is 0 Å². The molecule has 3 rings (SSSR count). The van der Waals surface area contributed by atoms with Crippen molar-refractivity contribution >= 4 is 5.69 Å². The second kappa shape index (κ2) is 5.61. The van der Waals surface area contributed by atoms with Crippen molar-refractivity contribution in [3.63, 3.8) is 0 Å². The third-order valence-corrected chi connectivity index (χ3v) is 3.36. The molecule has 0 saturated heterocycles. The predicted molar refractivity (Wildman–Crippen MR) is 82.5 cm³/mol. The highest BCUT2D eigenvalue weighted by molar-refractivity contribution is 5.65. The Morgan fingerprint density at radius 1 is 0.900 bits per heavy atom. The number of anilines is 1. The summed E-state index contributed by atoms with van der Waals surface area (Å²) in [6.45, 7) is 2.11. The first-order chi connectivity index (χ1) is 9.83. The molecule has 0 radical (unpaired) electrons. The zero-order valence-electron chi connectivity index (χ0n) is 11.4. The van der Waals surface area contributed by atoms with E-state index < -0.39 is 0 Å². The maximum atomic E-state index is 3.97. The van der Waals surface area contributed by atoms with Crippen molar-refractivity contribution in [2.24, 2.45) is 0 Å². The number of H-pyrrole nitrogens is 1. The maximum absolute atomic E-state index is 3.97. The molecule has 0 amide bonds. The highest BCUT2D eigenvalue weighted by atomic mass is 15.1. The Bertz CT molecular complexity index is 642. The molecule has 1 atom stereocenters. The van der Waals surface area contributed by atoms with E-state index in [1.54, 1.807) is 6.20 Å². The Labute approximate surface area is 118 Å². The summed E-state index contributed by atoms with van der Waals surface area (Å²) in [5, 5.41) is 10.4. The fourth-order valence-corrected chi connectivity index (χ4v) is 2.23. The van der Waals surface area contributed by atoms with E-state index in [-0.39, 0.29) is 6.04 Å². The van der Waals surface area contributed by atoms with Crippen LogP contribution in [-0.4, -0.2) is 10.2 Å². The van der Waals surface area contributed by atoms with Gasteiger partial charge in [-0.2, -0.15) is 5.10 Å². The number of rotatable bonds is 4. The van der Waals surface area contributed by atoms with Gasteiger partial charge in [0.1, 0.15) is 0 Å². The Kier molecular flexibility index (Phi) is 3.50. The summed E-state index contributed by atoms with van der Waals surface area (Å²) in [5.74, 6) is 0. The van der Waals surface area contributed by atoms with Crippen LogP contribution < -0.4 is 5.32 Å². The third kappa shape index (κ3) is 2.72. The van der Waals surface area contributed by atoms with Crippen LogP contribution in [-0.2, 0) is 0 Å². The molecule has 1 aromatic heterocycles. The average Bonchev–Trinajstić information content (AvgIpc) is 3.03. The molecule has 0 spiro atoms. The molecule has 3 heteroatoms. The monoisotopic (exact) mass is 263 g/mol. The first-order valence-electron chi connectivity index (χ1n) is 6.74. The molecule has 100 valence electrons. The summed E-state index contributed by atoms with van der Waals surface area (Å²) < 4.78 is 0. The molecule has 0 aliphatic heterocycles. The highest BCUT2D eigenvalue weighted by Gasteiger charge is 2.06. The molecular formula is C17H17N3. The molecule has 2 N–H and O–H groups in total. The summed E-state index contributed by atoms with van der Waals surface area (Å²) >= 11 is 0. The molecule has 3 aromatic rings. The van der Waals surface area contributed by atoms with Gasteiger partial charge < -0.3 is 5.32 Å². The minimum atomic E-state index is 0.208. The van der Waals surface area contributed by atoms with Crippen LogP contribution in [0.25, 0.3) is 11.1 Å². The molecule has 0 fully saturated rings. The number of hydrogen-bond acceptors (Lipinski definition) is 2. The number of aromatic nitrogens is 2. The SMILES string of the molecule is CC(Nc1ccc(-c2ccccc2)cc1)c1ccn[nH]1. The molecule has 0 aliphatic carbocycles. The standard InChI is InChI=1S/C17H17N3/c1-13(17-11-12-18-20-17)19-16-9-7-15(8-10-16)14-5-3-2-4-6-14/h2-13,19H,1H3,(H,18,20). The fourth-order valence-electron chi connectivity index (χ4n) is 2.23. The van der Waals surface area contributed by atoms with Gasteiger partial charge in [0.05, 0.1) is 11.7 Å². The molecular weight excluding hydrogens is 246 g/mol. The van der Waals surface area contributed by atoms with Crippen LogP contribution in [0.2, 0.25) is 0 Å². The van der Waals surface area contributed by atoms with Gasteiger partial charge in [-0.3, -0.25) is 5.10 Å². The lowest BCUT2D eigenvalue weighted by atomic mass is 10.1. The van der Waals surface area contributed by atoms with Crippen LogP contribution >= 0.6 is 0 Å². The molecule has 1 heterocycles. The first kappa shape index (κ1) is 12.5. The second-order valence-corrected chi connectivity index (χ2v) is 4.82. The van der Waals surface area contributed by atoms with Crippen LogP contribution in [0, 0.1) is 0 Å². The molecule has 1 unspecified atom stereocenters. The van der Waals surface area contributed by atoms with Gasteiger partial charge in [-0.1, -0.05) is 42.5 Å². The minimum Gasteiger partial charge on any atom is -0.377 e. The van der Waals surface area contributed by atoms with Gasteiger partial charge in [0, 0.05) is 11.9 Å². The Morgan fingerprint density at radius 3 is 2.25 bits per heavy atom. The van der Waals surface area contributed by atoms with Crippen molar-refractivity contribution in [2.75, 3.05) is 5.32 Å². The van der Waals surface area contributed by atoms with Gasteiger partial charge >= 0.3 is 0 Å². The lowest BCUT2D eigenvalue weighted by molar-refractivity contribution is 0.826. The summed E-state index contributed by atoms with van der Waals surface area (Å²) in [5.41, 5.74) is 4.65. The van der Waals surface area contributed by atoms with E-state index >= 15 is 0 Å². The molecule has 20 heavy (non-hydrogen) atoms. The lowest BCUT2D eigenvalue weighted by Crippen LogP contribution is -2.06. The van der Waals surface area contributed by atoms with Crippen molar-refractivity contribution in [3.05, 3.63) is 72.6 Å². The Hall–Kier alpha value is -2.55. The fraction of sp³-hybridized carbons (Fsp3) is 0.118. The van der Waals surface area contributed by atoms with E-state index in [1.165, 1.54) is 11.1 Å². The summed E-state index contributed by atoms with van der Waals surface area (Å²) in [7, 11) is 0. The summed E-state index contributed by atoms with van der Waals surface area (Å²) in [6.07, 6.45) is 1.77. The zero-order valence-corrected chi connectivity index (χ0v) is 11.4. The van der Waals surface area contributed by atoms with Crippen molar-refractivity contribution in [2.45, 2.75) is 13.0 Å². The number of benzene rings is 2. The van der Waals surface area contributed by atoms with E-state index in [0.29, 0.717) is 0 Å². The third-order valence-electron chi connectivity index (χ3n) is 3.36. The number of nitrogens with one attached hydrogen (secondary N) is 2. The lowest BCUT2D eigenvalue weighted by Gasteiger charge is -2.14. The van der Waals surface area contributed by atoms with Gasteiger partial charge in [-0.05, 0) is 36.2 Å². The summed E-state index contributed by atoms with van der Waals surface area (Å²) in [4.78, 5) is 0. The van der Waals surface area contributed by atoms with E-state index in [0.717, 1.165) is 11.4 Å². The Balaban J connectivity index is 1.74. The highest BCUT2D eigenvalue weighted by Crippen LogP contribution is 2.23. The van der Waals surface area contributed by atoms with Crippen molar-refractivity contribution < 1.29 is 0 Å². The van der Waals surface area contributed by atoms with Crippen LogP contribution in [0.3, 0.4) is 0 Å². The predicted octanol–water partition coefficient (Wildman–Crippen LogP) is 4.25. The van der Waals surface area contributed by atoms with E-state index in [2.05, 4.69) is 71.0 Å². The van der Waals surface area contributed by atoms with Crippen LogP contribution in [0.5, 0.6) is 0 Å². The van der Waals surface area contributed by atoms with Crippen LogP contribution in [0.1, 0.15) is 18.7 Å². The normalized spacial score (nSPS) is 12.1. The number of nitrogens with zero attached hydrogens (tertiary/aromatic N) is 1. The van der Waals surface area contributed by atoms with Gasteiger partial charge in [0.15, 0.2) is 0 Å². The first-order valence-corrected chi connectivity index (χ1v) is 6.74.